The molecule has 3 rings (SSSR count). The first-order valence-corrected chi connectivity index (χ1v) is 8.84. The molecule has 2 atom stereocenters. The van der Waals surface area contributed by atoms with E-state index >= 15 is 0 Å². The van der Waals surface area contributed by atoms with Crippen molar-refractivity contribution in [2.24, 2.45) is 0 Å². The van der Waals surface area contributed by atoms with Crippen molar-refractivity contribution in [3.63, 3.8) is 0 Å². The van der Waals surface area contributed by atoms with E-state index in [2.05, 4.69) is 10.3 Å². The number of ether oxygens (including phenoxy) is 2. The highest BCUT2D eigenvalue weighted by molar-refractivity contribution is 5.76. The highest BCUT2D eigenvalue weighted by atomic mass is 19.1. The van der Waals surface area contributed by atoms with Gasteiger partial charge in [0.2, 0.25) is 5.91 Å². The van der Waals surface area contributed by atoms with Crippen molar-refractivity contribution in [1.82, 2.24) is 10.3 Å². The number of benzene rings is 1. The quantitative estimate of drug-likeness (QED) is 0.827. The van der Waals surface area contributed by atoms with E-state index in [1.165, 1.54) is 12.1 Å². The van der Waals surface area contributed by atoms with Crippen LogP contribution in [-0.2, 0) is 27.3 Å². The summed E-state index contributed by atoms with van der Waals surface area (Å²) in [6.45, 7) is 1.45. The minimum atomic E-state index is -0.286. The molecule has 6 heteroatoms. The molecule has 1 aromatic carbocycles. The number of rotatable bonds is 7. The fourth-order valence-electron chi connectivity index (χ4n) is 2.96. The van der Waals surface area contributed by atoms with Crippen LogP contribution in [0.5, 0.6) is 0 Å². The Bertz CT molecular complexity index is 711. The van der Waals surface area contributed by atoms with E-state index in [9.17, 15) is 9.18 Å². The van der Waals surface area contributed by atoms with E-state index in [1.54, 1.807) is 12.3 Å². The second-order valence-corrected chi connectivity index (χ2v) is 6.34. The number of hydrogen-bond acceptors (Lipinski definition) is 4. The van der Waals surface area contributed by atoms with Crippen LogP contribution in [0.3, 0.4) is 0 Å². The second-order valence-electron chi connectivity index (χ2n) is 6.34. The van der Waals surface area contributed by atoms with E-state index in [1.807, 2.05) is 24.3 Å². The Hall–Kier alpha value is -2.31. The fraction of sp³-hybridized carbons (Fsp3) is 0.400. The molecule has 5 nitrogen and oxygen atoms in total. The smallest absolute Gasteiger partial charge is 0.220 e. The molecule has 1 aliphatic heterocycles. The number of halogens is 1. The summed E-state index contributed by atoms with van der Waals surface area (Å²) < 4.78 is 24.6. The molecule has 138 valence electrons. The van der Waals surface area contributed by atoms with Gasteiger partial charge in [0.25, 0.3) is 0 Å². The molecule has 0 aliphatic carbocycles. The maximum absolute atomic E-state index is 13.2. The van der Waals surface area contributed by atoms with Gasteiger partial charge in [-0.1, -0.05) is 18.2 Å². The number of carbonyl (C=O) groups excluding carboxylic acids is 1. The summed E-state index contributed by atoms with van der Waals surface area (Å²) in [5, 5.41) is 2.99. The minimum absolute atomic E-state index is 0.0869. The predicted molar refractivity (Wildman–Crippen MR) is 94.9 cm³/mol. The third kappa shape index (κ3) is 5.61. The van der Waals surface area contributed by atoms with Crippen LogP contribution in [0.2, 0.25) is 0 Å². The van der Waals surface area contributed by atoms with Gasteiger partial charge in [0.1, 0.15) is 5.82 Å². The van der Waals surface area contributed by atoms with Crippen molar-refractivity contribution >= 4 is 5.91 Å². The van der Waals surface area contributed by atoms with Gasteiger partial charge in [-0.05, 0) is 42.7 Å². The van der Waals surface area contributed by atoms with Crippen molar-refractivity contribution < 1.29 is 18.7 Å². The minimum Gasteiger partial charge on any atom is -0.379 e. The summed E-state index contributed by atoms with van der Waals surface area (Å²) in [6, 6.07) is 11.8. The van der Waals surface area contributed by atoms with Crippen molar-refractivity contribution in [2.45, 2.75) is 38.0 Å². The standard InChI is InChI=1S/C20H23FN2O3/c21-16-5-3-4-15(12-16)7-8-20(24)23-18-14-25-11-9-19(18)26-13-17-6-1-2-10-22-17/h1-6,10,12,18-19H,7-9,11,13-14H2,(H,23,24)/t18-,19-/m1/s1. The zero-order chi connectivity index (χ0) is 18.2. The average Bonchev–Trinajstić information content (AvgIpc) is 2.67. The number of aryl methyl sites for hydroxylation is 1. The number of amides is 1. The summed E-state index contributed by atoms with van der Waals surface area (Å²) >= 11 is 0. The molecule has 1 fully saturated rings. The topological polar surface area (TPSA) is 60.5 Å². The van der Waals surface area contributed by atoms with Crippen molar-refractivity contribution in [2.75, 3.05) is 13.2 Å². The molecule has 1 N–H and O–H groups in total. The first-order valence-electron chi connectivity index (χ1n) is 8.84. The Morgan fingerprint density at radius 3 is 3.04 bits per heavy atom. The van der Waals surface area contributed by atoms with Crippen LogP contribution in [-0.4, -0.2) is 36.3 Å². The summed E-state index contributed by atoms with van der Waals surface area (Å²) in [5.41, 5.74) is 1.66. The van der Waals surface area contributed by atoms with Crippen LogP contribution in [0.4, 0.5) is 4.39 Å². The average molecular weight is 358 g/mol. The highest BCUT2D eigenvalue weighted by Gasteiger charge is 2.28. The predicted octanol–water partition coefficient (Wildman–Crippen LogP) is 2.64. The Kier molecular flexibility index (Phi) is 6.68. The normalized spacial score (nSPS) is 19.9. The molecule has 2 aromatic rings. The number of pyridine rings is 1. The molecule has 1 aromatic heterocycles. The van der Waals surface area contributed by atoms with Crippen molar-refractivity contribution in [3.8, 4) is 0 Å². The van der Waals surface area contributed by atoms with Gasteiger partial charge in [-0.2, -0.15) is 0 Å². The van der Waals surface area contributed by atoms with Crippen molar-refractivity contribution in [3.05, 3.63) is 65.7 Å². The summed E-state index contributed by atoms with van der Waals surface area (Å²) in [7, 11) is 0. The zero-order valence-corrected chi connectivity index (χ0v) is 14.6. The van der Waals surface area contributed by atoms with Crippen LogP contribution in [0, 0.1) is 5.82 Å². The van der Waals surface area contributed by atoms with E-state index in [4.69, 9.17) is 9.47 Å². The van der Waals surface area contributed by atoms with Crippen LogP contribution in [0.15, 0.2) is 48.7 Å². The molecule has 1 aliphatic rings. The van der Waals surface area contributed by atoms with Crippen LogP contribution < -0.4 is 5.32 Å². The molecule has 0 radical (unpaired) electrons. The van der Waals surface area contributed by atoms with Crippen LogP contribution in [0.25, 0.3) is 0 Å². The maximum Gasteiger partial charge on any atom is 0.220 e. The largest absolute Gasteiger partial charge is 0.379 e. The lowest BCUT2D eigenvalue weighted by atomic mass is 10.1. The highest BCUT2D eigenvalue weighted by Crippen LogP contribution is 2.14. The molecule has 1 amide bonds. The third-order valence-corrected chi connectivity index (χ3v) is 4.34. The SMILES string of the molecule is O=C(CCc1cccc(F)c1)N[C@@H]1COCC[C@H]1OCc1ccccn1. The fourth-order valence-corrected chi connectivity index (χ4v) is 2.96. The van der Waals surface area contributed by atoms with Gasteiger partial charge < -0.3 is 14.8 Å². The lowest BCUT2D eigenvalue weighted by Crippen LogP contribution is -2.50. The van der Waals surface area contributed by atoms with Crippen LogP contribution in [0.1, 0.15) is 24.1 Å². The van der Waals surface area contributed by atoms with Gasteiger partial charge in [0.05, 0.1) is 31.1 Å². The Labute approximate surface area is 152 Å². The van der Waals surface area contributed by atoms with E-state index in [0.29, 0.717) is 32.7 Å². The van der Waals surface area contributed by atoms with Gasteiger partial charge in [-0.25, -0.2) is 4.39 Å². The first-order chi connectivity index (χ1) is 12.7. The molecule has 0 unspecified atom stereocenters. The van der Waals surface area contributed by atoms with Gasteiger partial charge in [0, 0.05) is 19.2 Å². The monoisotopic (exact) mass is 358 g/mol. The third-order valence-electron chi connectivity index (χ3n) is 4.34. The molecule has 0 bridgehead atoms. The molecular formula is C20H23FN2O3. The van der Waals surface area contributed by atoms with Gasteiger partial charge in [0.15, 0.2) is 0 Å². The zero-order valence-electron chi connectivity index (χ0n) is 14.6. The number of hydrogen-bond donors (Lipinski definition) is 1. The Morgan fingerprint density at radius 2 is 2.23 bits per heavy atom. The molecule has 0 saturated carbocycles. The van der Waals surface area contributed by atoms with E-state index in [0.717, 1.165) is 17.7 Å². The summed E-state index contributed by atoms with van der Waals surface area (Å²) in [5.74, 6) is -0.372. The molecule has 2 heterocycles. The number of nitrogens with one attached hydrogen (secondary N) is 1. The molecule has 0 spiro atoms. The van der Waals surface area contributed by atoms with Gasteiger partial charge in [-0.15, -0.1) is 0 Å². The van der Waals surface area contributed by atoms with Gasteiger partial charge in [-0.3, -0.25) is 9.78 Å². The number of aromatic nitrogens is 1. The molecule has 26 heavy (non-hydrogen) atoms. The number of nitrogens with zero attached hydrogens (tertiary/aromatic N) is 1. The second kappa shape index (κ2) is 9.40. The number of carbonyl (C=O) groups is 1. The lowest BCUT2D eigenvalue weighted by Gasteiger charge is -2.32. The Morgan fingerprint density at radius 1 is 1.31 bits per heavy atom. The van der Waals surface area contributed by atoms with Crippen LogP contribution >= 0.6 is 0 Å². The lowest BCUT2D eigenvalue weighted by molar-refractivity contribution is -0.126. The van der Waals surface area contributed by atoms with E-state index in [-0.39, 0.29) is 23.9 Å². The summed E-state index contributed by atoms with van der Waals surface area (Å²) in [4.78, 5) is 16.5. The van der Waals surface area contributed by atoms with Gasteiger partial charge >= 0.3 is 0 Å². The molecular weight excluding hydrogens is 335 g/mol. The van der Waals surface area contributed by atoms with E-state index < -0.39 is 0 Å². The molecule has 1 saturated heterocycles. The summed E-state index contributed by atoms with van der Waals surface area (Å²) in [6.07, 6.45) is 3.14. The maximum atomic E-state index is 13.2. The Balaban J connectivity index is 1.48. The van der Waals surface area contributed by atoms with Crippen molar-refractivity contribution in [1.29, 1.82) is 0 Å². The first kappa shape index (κ1) is 18.5.